The van der Waals surface area contributed by atoms with E-state index in [9.17, 15) is 9.59 Å². The van der Waals surface area contributed by atoms with Gasteiger partial charge in [-0.25, -0.2) is 4.79 Å². The second kappa shape index (κ2) is 6.74. The number of carbonyl (C=O) groups is 2. The third kappa shape index (κ3) is 3.51. The molecule has 5 heteroatoms. The molecule has 0 spiro atoms. The maximum Gasteiger partial charge on any atom is 0.329 e. The van der Waals surface area contributed by atoms with Gasteiger partial charge in [-0.2, -0.15) is 0 Å². The van der Waals surface area contributed by atoms with Crippen LogP contribution < -0.4 is 10.1 Å². The highest BCUT2D eigenvalue weighted by Gasteiger charge is 2.32. The van der Waals surface area contributed by atoms with Crippen molar-refractivity contribution in [2.24, 2.45) is 0 Å². The Labute approximate surface area is 123 Å². The van der Waals surface area contributed by atoms with Crippen LogP contribution in [0.15, 0.2) is 42.1 Å². The van der Waals surface area contributed by atoms with Crippen molar-refractivity contribution in [3.05, 3.63) is 47.7 Å². The lowest BCUT2D eigenvalue weighted by Gasteiger charge is -2.08. The molecule has 1 aromatic carbocycles. The van der Waals surface area contributed by atoms with Crippen LogP contribution in [-0.2, 0) is 4.79 Å². The number of imide groups is 1. The molecule has 3 amide bonds. The van der Waals surface area contributed by atoms with E-state index < -0.39 is 0 Å². The summed E-state index contributed by atoms with van der Waals surface area (Å²) < 4.78 is 5.08. The van der Waals surface area contributed by atoms with Gasteiger partial charge in [0.25, 0.3) is 5.91 Å². The van der Waals surface area contributed by atoms with E-state index in [1.165, 1.54) is 4.90 Å². The van der Waals surface area contributed by atoms with Crippen LogP contribution in [-0.4, -0.2) is 30.5 Å². The molecule has 1 N–H and O–H groups in total. The molecule has 0 aromatic heterocycles. The molecule has 0 bridgehead atoms. The first-order valence-corrected chi connectivity index (χ1v) is 6.81. The number of urea groups is 1. The number of carbonyl (C=O) groups excluding carboxylic acids is 2. The summed E-state index contributed by atoms with van der Waals surface area (Å²) in [6.07, 6.45) is 5.95. The second-order valence-corrected chi connectivity index (χ2v) is 4.60. The lowest BCUT2D eigenvalue weighted by molar-refractivity contribution is -0.122. The van der Waals surface area contributed by atoms with Crippen LogP contribution in [0.1, 0.15) is 18.9 Å². The molecular weight excluding hydrogens is 268 g/mol. The van der Waals surface area contributed by atoms with E-state index in [-0.39, 0.29) is 11.9 Å². The van der Waals surface area contributed by atoms with E-state index in [2.05, 4.69) is 5.32 Å². The van der Waals surface area contributed by atoms with Crippen molar-refractivity contribution in [1.29, 1.82) is 0 Å². The molecule has 1 aliphatic heterocycles. The molecular formula is C16H18N2O3. The Hall–Kier alpha value is -2.56. The highest BCUT2D eigenvalue weighted by Crippen LogP contribution is 2.13. The molecule has 5 nitrogen and oxygen atoms in total. The molecule has 2 rings (SSSR count). The van der Waals surface area contributed by atoms with Crippen molar-refractivity contribution in [2.45, 2.75) is 13.3 Å². The number of benzene rings is 1. The molecule has 1 saturated heterocycles. The summed E-state index contributed by atoms with van der Waals surface area (Å²) in [6, 6.07) is 7.18. The quantitative estimate of drug-likeness (QED) is 0.668. The summed E-state index contributed by atoms with van der Waals surface area (Å²) in [5.41, 5.74) is 1.29. The van der Waals surface area contributed by atoms with Gasteiger partial charge in [-0.1, -0.05) is 31.2 Å². The fraction of sp³-hybridized carbons (Fsp3) is 0.250. The number of ether oxygens (including phenoxy) is 1. The third-order valence-corrected chi connectivity index (χ3v) is 3.08. The van der Waals surface area contributed by atoms with E-state index >= 15 is 0 Å². The average Bonchev–Trinajstić information content (AvgIpc) is 2.76. The zero-order valence-electron chi connectivity index (χ0n) is 12.1. The summed E-state index contributed by atoms with van der Waals surface area (Å²) in [6.45, 7) is 2.36. The monoisotopic (exact) mass is 286 g/mol. The molecule has 1 fully saturated rings. The van der Waals surface area contributed by atoms with Crippen molar-refractivity contribution in [2.75, 3.05) is 13.7 Å². The Morgan fingerprint density at radius 1 is 1.24 bits per heavy atom. The standard InChI is InChI=1S/C16H18N2O3/c1-3-11-18-15(19)14(17-16(18)20)6-4-5-12-7-9-13(21-2)10-8-12/h4-10H,3,11H2,1-2H3,(H,17,20)/b5-4+,14-6+. The van der Waals surface area contributed by atoms with Gasteiger partial charge in [-0.05, 0) is 30.2 Å². The van der Waals surface area contributed by atoms with E-state index in [1.807, 2.05) is 37.3 Å². The highest BCUT2D eigenvalue weighted by molar-refractivity contribution is 6.11. The van der Waals surface area contributed by atoms with Gasteiger partial charge in [0.1, 0.15) is 11.4 Å². The first-order chi connectivity index (χ1) is 10.2. The van der Waals surface area contributed by atoms with Gasteiger partial charge in [0.15, 0.2) is 0 Å². The largest absolute Gasteiger partial charge is 0.497 e. The molecule has 0 unspecified atom stereocenters. The molecule has 21 heavy (non-hydrogen) atoms. The van der Waals surface area contributed by atoms with Crippen LogP contribution in [0.4, 0.5) is 4.79 Å². The number of rotatable bonds is 5. The number of nitrogens with zero attached hydrogens (tertiary/aromatic N) is 1. The number of allylic oxidation sites excluding steroid dienone is 2. The van der Waals surface area contributed by atoms with Crippen LogP contribution >= 0.6 is 0 Å². The number of methoxy groups -OCH3 is 1. The first kappa shape index (κ1) is 14.8. The van der Waals surface area contributed by atoms with Gasteiger partial charge < -0.3 is 10.1 Å². The van der Waals surface area contributed by atoms with Gasteiger partial charge in [0, 0.05) is 6.54 Å². The molecule has 110 valence electrons. The summed E-state index contributed by atoms with van der Waals surface area (Å²) >= 11 is 0. The Kier molecular flexibility index (Phi) is 4.77. The number of hydrogen-bond acceptors (Lipinski definition) is 3. The third-order valence-electron chi connectivity index (χ3n) is 3.08. The Morgan fingerprint density at radius 3 is 2.57 bits per heavy atom. The molecule has 0 atom stereocenters. The van der Waals surface area contributed by atoms with Crippen LogP contribution in [0.2, 0.25) is 0 Å². The van der Waals surface area contributed by atoms with E-state index in [4.69, 9.17) is 4.74 Å². The fourth-order valence-electron chi connectivity index (χ4n) is 1.98. The van der Waals surface area contributed by atoms with Crippen molar-refractivity contribution < 1.29 is 14.3 Å². The van der Waals surface area contributed by atoms with Crippen LogP contribution in [0.3, 0.4) is 0 Å². The van der Waals surface area contributed by atoms with Gasteiger partial charge in [-0.15, -0.1) is 0 Å². The van der Waals surface area contributed by atoms with E-state index in [0.29, 0.717) is 12.2 Å². The zero-order chi connectivity index (χ0) is 15.2. The van der Waals surface area contributed by atoms with Crippen molar-refractivity contribution in [3.8, 4) is 5.75 Å². The Morgan fingerprint density at radius 2 is 1.95 bits per heavy atom. The van der Waals surface area contributed by atoms with Crippen LogP contribution in [0.25, 0.3) is 6.08 Å². The van der Waals surface area contributed by atoms with Gasteiger partial charge >= 0.3 is 6.03 Å². The average molecular weight is 286 g/mol. The predicted octanol–water partition coefficient (Wildman–Crippen LogP) is 2.55. The van der Waals surface area contributed by atoms with Gasteiger partial charge in [0.05, 0.1) is 7.11 Å². The lowest BCUT2D eigenvalue weighted by atomic mass is 10.2. The number of nitrogens with one attached hydrogen (secondary N) is 1. The fourth-order valence-corrected chi connectivity index (χ4v) is 1.98. The maximum atomic E-state index is 12.0. The number of hydrogen-bond donors (Lipinski definition) is 1. The van der Waals surface area contributed by atoms with Crippen LogP contribution in [0.5, 0.6) is 5.75 Å². The molecule has 1 heterocycles. The smallest absolute Gasteiger partial charge is 0.329 e. The van der Waals surface area contributed by atoms with Crippen LogP contribution in [0, 0.1) is 0 Å². The van der Waals surface area contributed by atoms with Crippen molar-refractivity contribution in [1.82, 2.24) is 10.2 Å². The zero-order valence-corrected chi connectivity index (χ0v) is 12.1. The lowest BCUT2D eigenvalue weighted by Crippen LogP contribution is -2.31. The summed E-state index contributed by atoms with van der Waals surface area (Å²) in [4.78, 5) is 24.8. The first-order valence-electron chi connectivity index (χ1n) is 6.81. The van der Waals surface area contributed by atoms with E-state index in [1.54, 1.807) is 19.3 Å². The predicted molar refractivity (Wildman–Crippen MR) is 80.6 cm³/mol. The summed E-state index contributed by atoms with van der Waals surface area (Å²) in [5, 5.41) is 2.57. The number of amides is 3. The topological polar surface area (TPSA) is 58.6 Å². The summed E-state index contributed by atoms with van der Waals surface area (Å²) in [5.74, 6) is 0.514. The minimum Gasteiger partial charge on any atom is -0.497 e. The van der Waals surface area contributed by atoms with Gasteiger partial charge in [-0.3, -0.25) is 9.69 Å². The van der Waals surface area contributed by atoms with Crippen molar-refractivity contribution >= 4 is 18.0 Å². The highest BCUT2D eigenvalue weighted by atomic mass is 16.5. The van der Waals surface area contributed by atoms with Gasteiger partial charge in [0.2, 0.25) is 0 Å². The minimum absolute atomic E-state index is 0.277. The molecule has 1 aromatic rings. The molecule has 0 radical (unpaired) electrons. The maximum absolute atomic E-state index is 12.0. The summed E-state index contributed by atoms with van der Waals surface area (Å²) in [7, 11) is 1.62. The SMILES string of the molecule is CCCN1C(=O)N/C(=C/C=C/c2ccc(OC)cc2)C1=O. The second-order valence-electron chi connectivity index (χ2n) is 4.60. The van der Waals surface area contributed by atoms with Crippen molar-refractivity contribution in [3.63, 3.8) is 0 Å². The molecule has 1 aliphatic rings. The van der Waals surface area contributed by atoms with E-state index in [0.717, 1.165) is 17.7 Å². The normalized spacial score (nSPS) is 16.9. The Bertz CT molecular complexity index is 588. The Balaban J connectivity index is 2.05. The molecule has 0 aliphatic carbocycles. The molecule has 0 saturated carbocycles. The minimum atomic E-state index is -0.356.